The van der Waals surface area contributed by atoms with Gasteiger partial charge in [-0.3, -0.25) is 9.78 Å². The molecule has 7 nitrogen and oxygen atoms in total. The van der Waals surface area contributed by atoms with Crippen LogP contribution < -0.4 is 0 Å². The fourth-order valence-corrected chi connectivity index (χ4v) is 6.58. The van der Waals surface area contributed by atoms with Gasteiger partial charge < -0.3 is 20.0 Å². The summed E-state index contributed by atoms with van der Waals surface area (Å²) in [6, 6.07) is 8.68. The summed E-state index contributed by atoms with van der Waals surface area (Å²) in [5, 5.41) is 9.20. The van der Waals surface area contributed by atoms with Gasteiger partial charge in [-0.15, -0.1) is 0 Å². The van der Waals surface area contributed by atoms with Crippen LogP contribution >= 0.6 is 0 Å². The van der Waals surface area contributed by atoms with Crippen LogP contribution in [0.2, 0.25) is 0 Å². The third kappa shape index (κ3) is 5.70. The van der Waals surface area contributed by atoms with E-state index in [1.807, 2.05) is 13.1 Å². The highest BCUT2D eigenvalue weighted by Crippen LogP contribution is 2.42. The van der Waals surface area contributed by atoms with E-state index in [4.69, 9.17) is 9.97 Å². The predicted octanol–water partition coefficient (Wildman–Crippen LogP) is 7.73. The molecule has 2 aliphatic rings. The first-order valence-corrected chi connectivity index (χ1v) is 15.5. The minimum absolute atomic E-state index is 0.0823. The van der Waals surface area contributed by atoms with E-state index in [0.717, 1.165) is 73.5 Å². The Morgan fingerprint density at radius 1 is 1.00 bits per heavy atom. The number of aliphatic hydroxyl groups is 1. The van der Waals surface area contributed by atoms with Crippen molar-refractivity contribution in [2.24, 2.45) is 0 Å². The normalized spacial score (nSPS) is 16.6. The van der Waals surface area contributed by atoms with Crippen molar-refractivity contribution < 1.29 is 9.90 Å². The van der Waals surface area contributed by atoms with E-state index in [-0.39, 0.29) is 24.3 Å². The molecule has 0 saturated heterocycles. The maximum Gasteiger partial charge on any atom is 0.222 e. The molecule has 2 atom stereocenters. The van der Waals surface area contributed by atoms with Crippen LogP contribution in [0.15, 0.2) is 30.8 Å². The molecule has 0 aromatic carbocycles. The number of carbonyl (C=O) groups excluding carboxylic acids is 1. The zero-order valence-corrected chi connectivity index (χ0v) is 26.7. The van der Waals surface area contributed by atoms with Crippen LogP contribution in [0.25, 0.3) is 39.3 Å². The molecule has 0 spiro atoms. The average molecular weight is 580 g/mol. The fraction of sp³-hybridized carbons (Fsp3) is 0.417. The van der Waals surface area contributed by atoms with Gasteiger partial charge in [-0.05, 0) is 99.1 Å². The number of hydrogen-bond donors (Lipinski definition) is 3. The van der Waals surface area contributed by atoms with Gasteiger partial charge in [0.2, 0.25) is 5.91 Å². The quantitative estimate of drug-likeness (QED) is 0.254. The number of fused-ring (bicyclic) bond motifs is 8. The van der Waals surface area contributed by atoms with Gasteiger partial charge in [0.1, 0.15) is 0 Å². The SMILES string of the molecule is C=Cc1c(C)c2cc3nc(c(C)c4cc(C)c(cc5nc(cc1[nH]2)C(C)=C5CC)[nH]4)[C@@H](CCC(=O)N(C)CCCO)[C@@H]3C. The molecule has 3 aromatic heterocycles. The summed E-state index contributed by atoms with van der Waals surface area (Å²) in [5.74, 6) is 0.330. The van der Waals surface area contributed by atoms with Gasteiger partial charge >= 0.3 is 0 Å². The van der Waals surface area contributed by atoms with Crippen LogP contribution in [0.3, 0.4) is 0 Å². The molecule has 3 aromatic rings. The first kappa shape index (κ1) is 30.5. The number of allylic oxidation sites excluding steroid dienone is 2. The minimum Gasteiger partial charge on any atom is -0.396 e. The Labute approximate surface area is 254 Å². The van der Waals surface area contributed by atoms with Gasteiger partial charge in [0.05, 0.1) is 11.4 Å². The first-order valence-electron chi connectivity index (χ1n) is 15.5. The largest absolute Gasteiger partial charge is 0.396 e. The molecule has 43 heavy (non-hydrogen) atoms. The van der Waals surface area contributed by atoms with Crippen molar-refractivity contribution in [2.75, 3.05) is 20.2 Å². The highest BCUT2D eigenvalue weighted by molar-refractivity contribution is 5.93. The minimum atomic E-state index is 0.0823. The summed E-state index contributed by atoms with van der Waals surface area (Å²) in [6.07, 6.45) is 4.54. The summed E-state index contributed by atoms with van der Waals surface area (Å²) in [5.41, 5.74) is 15.0. The molecule has 0 fully saturated rings. The highest BCUT2D eigenvalue weighted by Gasteiger charge is 2.31. The van der Waals surface area contributed by atoms with Crippen molar-refractivity contribution in [3.63, 3.8) is 0 Å². The van der Waals surface area contributed by atoms with Crippen LogP contribution in [0.1, 0.15) is 103 Å². The van der Waals surface area contributed by atoms with Gasteiger partial charge in [-0.25, -0.2) is 4.98 Å². The van der Waals surface area contributed by atoms with Crippen molar-refractivity contribution >= 4 is 45.2 Å². The topological polar surface area (TPSA) is 97.9 Å². The Morgan fingerprint density at radius 3 is 2.40 bits per heavy atom. The number of carbonyl (C=O) groups is 1. The van der Waals surface area contributed by atoms with Gasteiger partial charge in [0.25, 0.3) is 0 Å². The molecule has 0 unspecified atom stereocenters. The lowest BCUT2D eigenvalue weighted by Gasteiger charge is -2.20. The number of H-pyrrole nitrogens is 2. The number of aliphatic hydroxyl groups excluding tert-OH is 1. The number of aryl methyl sites for hydroxylation is 3. The summed E-state index contributed by atoms with van der Waals surface area (Å²) in [6.45, 7) is 17.7. The van der Waals surface area contributed by atoms with Gasteiger partial charge in [0, 0.05) is 77.5 Å². The number of aromatic amines is 2. The molecule has 5 heterocycles. The molecule has 0 radical (unpaired) electrons. The highest BCUT2D eigenvalue weighted by atomic mass is 16.3. The smallest absolute Gasteiger partial charge is 0.222 e. The van der Waals surface area contributed by atoms with E-state index in [0.29, 0.717) is 25.8 Å². The van der Waals surface area contributed by atoms with E-state index < -0.39 is 0 Å². The zero-order valence-electron chi connectivity index (χ0n) is 26.7. The lowest BCUT2D eigenvalue weighted by atomic mass is 9.86. The maximum absolute atomic E-state index is 13.0. The van der Waals surface area contributed by atoms with Crippen molar-refractivity contribution in [2.45, 2.75) is 79.1 Å². The van der Waals surface area contributed by atoms with E-state index in [9.17, 15) is 9.90 Å². The molecule has 3 N–H and O–H groups in total. The third-order valence-corrected chi connectivity index (χ3v) is 9.43. The number of amides is 1. The molecule has 7 heteroatoms. The van der Waals surface area contributed by atoms with Crippen LogP contribution in [0.4, 0.5) is 0 Å². The summed E-state index contributed by atoms with van der Waals surface area (Å²) in [4.78, 5) is 32.4. The molecule has 8 bridgehead atoms. The Kier molecular flexibility index (Phi) is 8.74. The second-order valence-corrected chi connectivity index (χ2v) is 12.1. The molecule has 226 valence electrons. The van der Waals surface area contributed by atoms with Gasteiger partial charge in [0.15, 0.2) is 0 Å². The predicted molar refractivity (Wildman–Crippen MR) is 178 cm³/mol. The van der Waals surface area contributed by atoms with E-state index in [1.54, 1.807) is 4.90 Å². The standard InChI is InChI=1S/C36H45N5O2/c1-9-25-22(5)31-19-34-26(10-2)21(4)30(38-34)18-32-23(6)27(12-13-35(43)41(8)14-11-15-42)36(40-32)24(7)29-16-20(3)28(37-29)17-33(25)39-31/h10,16-19,23,27,37-38,42H,2,9,11-15H2,1,3-8H3/t23-,27-/m0/s1. The van der Waals surface area contributed by atoms with Crippen LogP contribution in [0, 0.1) is 20.8 Å². The molecule has 5 rings (SSSR count). The average Bonchev–Trinajstić information content (AvgIpc) is 3.68. The number of nitrogens with one attached hydrogen (secondary N) is 2. The third-order valence-electron chi connectivity index (χ3n) is 9.43. The van der Waals surface area contributed by atoms with E-state index in [2.05, 4.69) is 82.4 Å². The zero-order chi connectivity index (χ0) is 31.0. The lowest BCUT2D eigenvalue weighted by Crippen LogP contribution is -2.28. The second-order valence-electron chi connectivity index (χ2n) is 12.1. The maximum atomic E-state index is 13.0. The Morgan fingerprint density at radius 2 is 1.70 bits per heavy atom. The van der Waals surface area contributed by atoms with E-state index >= 15 is 0 Å². The number of aromatic nitrogens is 4. The van der Waals surface area contributed by atoms with Crippen molar-refractivity contribution in [1.82, 2.24) is 24.8 Å². The van der Waals surface area contributed by atoms with Crippen molar-refractivity contribution in [3.8, 4) is 0 Å². The summed E-state index contributed by atoms with van der Waals surface area (Å²) in [7, 11) is 1.82. The fourth-order valence-electron chi connectivity index (χ4n) is 6.58. The molecular formula is C36H45N5O2. The number of rotatable bonds is 8. The number of hydrogen-bond acceptors (Lipinski definition) is 4. The molecular weight excluding hydrogens is 534 g/mol. The van der Waals surface area contributed by atoms with Gasteiger partial charge in [-0.2, -0.15) is 0 Å². The van der Waals surface area contributed by atoms with Crippen LogP contribution in [0.5, 0.6) is 0 Å². The monoisotopic (exact) mass is 579 g/mol. The molecule has 2 aliphatic heterocycles. The summed E-state index contributed by atoms with van der Waals surface area (Å²) >= 11 is 0. The van der Waals surface area contributed by atoms with Gasteiger partial charge in [-0.1, -0.05) is 26.5 Å². The Balaban J connectivity index is 1.75. The van der Waals surface area contributed by atoms with E-state index in [1.165, 1.54) is 11.1 Å². The lowest BCUT2D eigenvalue weighted by molar-refractivity contribution is -0.130. The van der Waals surface area contributed by atoms with Crippen molar-refractivity contribution in [1.29, 1.82) is 0 Å². The van der Waals surface area contributed by atoms with Crippen LogP contribution in [-0.2, 0) is 4.79 Å². The summed E-state index contributed by atoms with van der Waals surface area (Å²) < 4.78 is 0. The Bertz CT molecular complexity index is 1770. The second kappa shape index (κ2) is 12.3. The molecule has 0 aliphatic carbocycles. The molecule has 1 amide bonds. The molecule has 0 saturated carbocycles. The first-order chi connectivity index (χ1) is 20.6. The Hall–Kier alpha value is -3.97. The van der Waals surface area contributed by atoms with Crippen LogP contribution in [-0.4, -0.2) is 56.0 Å². The number of nitrogens with zero attached hydrogens (tertiary/aromatic N) is 3. The van der Waals surface area contributed by atoms with Crippen molar-refractivity contribution in [3.05, 3.63) is 75.9 Å².